The van der Waals surface area contributed by atoms with Crippen LogP contribution in [0, 0.1) is 0 Å². The lowest BCUT2D eigenvalue weighted by Crippen LogP contribution is -2.08. The maximum Gasteiger partial charge on any atom is 0.296 e. The van der Waals surface area contributed by atoms with E-state index in [0.717, 1.165) is 0 Å². The zero-order valence-electron chi connectivity index (χ0n) is 12.1. The van der Waals surface area contributed by atoms with E-state index >= 15 is 0 Å². The molecule has 2 aromatic carbocycles. The molecule has 5 nitrogen and oxygen atoms in total. The lowest BCUT2D eigenvalue weighted by molar-refractivity contribution is 0.311. The van der Waals surface area contributed by atoms with Gasteiger partial charge in [0.1, 0.15) is 16.5 Å². The fourth-order valence-electron chi connectivity index (χ4n) is 2.39. The monoisotopic (exact) mass is 298 g/mol. The van der Waals surface area contributed by atoms with Gasteiger partial charge in [-0.3, -0.25) is 4.79 Å². The largest absolute Gasteiger partial charge is 0.504 e. The van der Waals surface area contributed by atoms with Crippen molar-refractivity contribution < 1.29 is 19.0 Å². The second-order valence-corrected chi connectivity index (χ2v) is 4.65. The minimum Gasteiger partial charge on any atom is -0.504 e. The Morgan fingerprint density at radius 1 is 1.00 bits per heavy atom. The molecule has 1 N–H and O–H groups in total. The van der Waals surface area contributed by atoms with Gasteiger partial charge in [-0.25, -0.2) is 0 Å². The molecule has 0 saturated heterocycles. The van der Waals surface area contributed by atoms with Crippen molar-refractivity contribution in [2.24, 2.45) is 0 Å². The number of phenols is 1. The number of ether oxygens (including phenoxy) is 2. The molecule has 3 aromatic rings. The number of hydrogen-bond acceptors (Lipinski definition) is 5. The Morgan fingerprint density at radius 3 is 2.36 bits per heavy atom. The molecule has 0 atom stereocenters. The van der Waals surface area contributed by atoms with Crippen molar-refractivity contribution in [2.75, 3.05) is 14.2 Å². The number of aromatic hydroxyl groups is 1. The van der Waals surface area contributed by atoms with Gasteiger partial charge in [-0.2, -0.15) is 0 Å². The van der Waals surface area contributed by atoms with Crippen LogP contribution in [-0.4, -0.2) is 19.3 Å². The van der Waals surface area contributed by atoms with Crippen molar-refractivity contribution in [3.05, 3.63) is 52.7 Å². The smallest absolute Gasteiger partial charge is 0.296 e. The molecule has 0 amide bonds. The molecule has 0 radical (unpaired) electrons. The third-order valence-electron chi connectivity index (χ3n) is 3.43. The quantitative estimate of drug-likeness (QED) is 0.804. The van der Waals surface area contributed by atoms with Gasteiger partial charge >= 0.3 is 0 Å². The maximum atomic E-state index is 12.8. The van der Waals surface area contributed by atoms with Gasteiger partial charge in [0.2, 0.25) is 5.43 Å². The van der Waals surface area contributed by atoms with Crippen LogP contribution in [0.3, 0.4) is 0 Å². The van der Waals surface area contributed by atoms with Crippen LogP contribution in [0.25, 0.3) is 22.1 Å². The van der Waals surface area contributed by atoms with Crippen LogP contribution in [0.4, 0.5) is 0 Å². The summed E-state index contributed by atoms with van der Waals surface area (Å²) in [6, 6.07) is 12.1. The van der Waals surface area contributed by atoms with Gasteiger partial charge in [-0.15, -0.1) is 0 Å². The highest BCUT2D eigenvalue weighted by atomic mass is 16.6. The molecular weight excluding hydrogens is 284 g/mol. The van der Waals surface area contributed by atoms with Gasteiger partial charge < -0.3 is 19.0 Å². The first-order valence-electron chi connectivity index (χ1n) is 6.63. The summed E-state index contributed by atoms with van der Waals surface area (Å²) in [5.41, 5.74) is 0.775. The summed E-state index contributed by atoms with van der Waals surface area (Å²) < 4.78 is 15.9. The predicted molar refractivity (Wildman–Crippen MR) is 82.7 cm³/mol. The molecule has 0 saturated carbocycles. The van der Waals surface area contributed by atoms with Crippen LogP contribution in [0.15, 0.2) is 51.7 Å². The summed E-state index contributed by atoms with van der Waals surface area (Å²) >= 11 is 0. The molecular formula is C17H14O5. The molecule has 0 unspecified atom stereocenters. The number of benzene rings is 2. The van der Waals surface area contributed by atoms with E-state index in [0.29, 0.717) is 5.56 Å². The molecule has 22 heavy (non-hydrogen) atoms. The summed E-state index contributed by atoms with van der Waals surface area (Å²) in [4.78, 5) is 12.8. The van der Waals surface area contributed by atoms with E-state index in [1.165, 1.54) is 20.3 Å². The second-order valence-electron chi connectivity index (χ2n) is 4.65. The molecule has 0 spiro atoms. The Hall–Kier alpha value is -2.95. The van der Waals surface area contributed by atoms with Gasteiger partial charge in [0.05, 0.1) is 14.2 Å². The van der Waals surface area contributed by atoms with E-state index in [9.17, 15) is 9.90 Å². The Balaban J connectivity index is 2.44. The number of rotatable bonds is 3. The maximum absolute atomic E-state index is 12.8. The topological polar surface area (TPSA) is 68.9 Å². The zero-order chi connectivity index (χ0) is 15.7. The highest BCUT2D eigenvalue weighted by Crippen LogP contribution is 2.37. The van der Waals surface area contributed by atoms with E-state index in [1.807, 2.05) is 18.2 Å². The van der Waals surface area contributed by atoms with Crippen molar-refractivity contribution in [1.29, 1.82) is 0 Å². The van der Waals surface area contributed by atoms with Crippen molar-refractivity contribution >= 4 is 11.0 Å². The van der Waals surface area contributed by atoms with Crippen molar-refractivity contribution in [3.8, 4) is 28.6 Å². The van der Waals surface area contributed by atoms with E-state index in [2.05, 4.69) is 0 Å². The Bertz CT molecular complexity index is 881. The fraction of sp³-hybridized carbons (Fsp3) is 0.118. The number of fused-ring (bicyclic) bond motifs is 1. The number of hydrogen-bond donors (Lipinski definition) is 1. The summed E-state index contributed by atoms with van der Waals surface area (Å²) in [6.07, 6.45) is 0. The highest BCUT2D eigenvalue weighted by Gasteiger charge is 2.20. The molecule has 1 heterocycles. The Labute approximate surface area is 126 Å². The average molecular weight is 298 g/mol. The predicted octanol–water partition coefficient (Wildman–Crippen LogP) is 3.18. The van der Waals surface area contributed by atoms with Crippen LogP contribution < -0.4 is 14.9 Å². The van der Waals surface area contributed by atoms with Gasteiger partial charge in [-0.1, -0.05) is 30.3 Å². The summed E-state index contributed by atoms with van der Waals surface area (Å²) in [7, 11) is 2.85. The number of methoxy groups -OCH3 is 2. The first-order chi connectivity index (χ1) is 10.7. The third-order valence-corrected chi connectivity index (χ3v) is 3.43. The van der Waals surface area contributed by atoms with Crippen molar-refractivity contribution in [3.63, 3.8) is 0 Å². The fourth-order valence-corrected chi connectivity index (χ4v) is 2.39. The van der Waals surface area contributed by atoms with Crippen LogP contribution in [-0.2, 0) is 0 Å². The lowest BCUT2D eigenvalue weighted by atomic mass is 10.0. The summed E-state index contributed by atoms with van der Waals surface area (Å²) in [5.74, 6) is 0.0748. The molecule has 112 valence electrons. The molecule has 3 rings (SSSR count). The van der Waals surface area contributed by atoms with Gasteiger partial charge in [0.25, 0.3) is 5.95 Å². The SMILES string of the molecule is COc1ccc2oc(OC)c(-c3ccccc3)c(=O)c2c1O. The van der Waals surface area contributed by atoms with E-state index < -0.39 is 0 Å². The molecule has 0 aliphatic carbocycles. The lowest BCUT2D eigenvalue weighted by Gasteiger charge is -2.10. The molecule has 0 aliphatic heterocycles. The van der Waals surface area contributed by atoms with Gasteiger partial charge in [0.15, 0.2) is 11.5 Å². The Kier molecular flexibility index (Phi) is 3.47. The van der Waals surface area contributed by atoms with Crippen molar-refractivity contribution in [2.45, 2.75) is 0 Å². The molecule has 0 bridgehead atoms. The first kappa shape index (κ1) is 14.0. The third kappa shape index (κ3) is 2.07. The van der Waals surface area contributed by atoms with Gasteiger partial charge in [0, 0.05) is 0 Å². The highest BCUT2D eigenvalue weighted by molar-refractivity contribution is 5.90. The second kappa shape index (κ2) is 5.44. The average Bonchev–Trinajstić information content (AvgIpc) is 2.55. The molecule has 1 aromatic heterocycles. The van der Waals surface area contributed by atoms with Crippen LogP contribution >= 0.6 is 0 Å². The molecule has 0 fully saturated rings. The normalized spacial score (nSPS) is 10.6. The minimum atomic E-state index is -0.374. The minimum absolute atomic E-state index is 0.0685. The summed E-state index contributed by atoms with van der Waals surface area (Å²) in [6.45, 7) is 0. The molecule has 0 aliphatic rings. The van der Waals surface area contributed by atoms with E-state index in [1.54, 1.807) is 18.2 Å². The first-order valence-corrected chi connectivity index (χ1v) is 6.63. The Morgan fingerprint density at radius 2 is 1.73 bits per heavy atom. The van der Waals surface area contributed by atoms with Crippen LogP contribution in [0.2, 0.25) is 0 Å². The molecule has 5 heteroatoms. The zero-order valence-corrected chi connectivity index (χ0v) is 12.1. The van der Waals surface area contributed by atoms with Gasteiger partial charge in [-0.05, 0) is 17.7 Å². The van der Waals surface area contributed by atoms with E-state index in [4.69, 9.17) is 13.9 Å². The standard InChI is InChI=1S/C17H14O5/c1-20-12-9-8-11-14(15(12)18)16(19)13(17(21-2)22-11)10-6-4-3-5-7-10/h3-9,18H,1-2H3. The van der Waals surface area contributed by atoms with Crippen LogP contribution in [0.5, 0.6) is 17.4 Å². The summed E-state index contributed by atoms with van der Waals surface area (Å²) in [5, 5.41) is 10.3. The van der Waals surface area contributed by atoms with Crippen LogP contribution in [0.1, 0.15) is 0 Å². The van der Waals surface area contributed by atoms with E-state index in [-0.39, 0.29) is 39.4 Å². The number of phenolic OH excluding ortho intramolecular Hbond substituents is 1. The van der Waals surface area contributed by atoms with Crippen molar-refractivity contribution in [1.82, 2.24) is 0 Å².